The molecule has 0 N–H and O–H groups in total. The summed E-state index contributed by atoms with van der Waals surface area (Å²) in [5, 5.41) is 0. The van der Waals surface area contributed by atoms with E-state index in [0.29, 0.717) is 42.3 Å². The number of piperidine rings is 3. The van der Waals surface area contributed by atoms with Crippen LogP contribution in [0.25, 0.3) is 0 Å². The standard InChI is InChI=1S/C24H30N4O2/c1-30-24-25-12-18(13-26-24)14-27-15-19-11-20(16-27)22(10-17-6-3-2-4-7-17)28-21(19)8-5-9-23(28)29/h2-4,6-7,12-13,19-22H,5,8-11,14-16H2,1H3/t19-,20+,21+,22+/m1/s1. The molecule has 0 unspecified atom stereocenters. The molecule has 5 rings (SSSR count). The minimum Gasteiger partial charge on any atom is -0.467 e. The summed E-state index contributed by atoms with van der Waals surface area (Å²) in [4.78, 5) is 26.4. The van der Waals surface area contributed by atoms with Crippen molar-refractivity contribution in [1.82, 2.24) is 19.8 Å². The highest BCUT2D eigenvalue weighted by molar-refractivity contribution is 5.78. The number of ether oxygens (including phenoxy) is 1. The van der Waals surface area contributed by atoms with E-state index in [2.05, 4.69) is 50.1 Å². The largest absolute Gasteiger partial charge is 0.467 e. The molecule has 1 aromatic carbocycles. The molecule has 30 heavy (non-hydrogen) atoms. The molecule has 1 amide bonds. The van der Waals surface area contributed by atoms with Crippen molar-refractivity contribution < 1.29 is 9.53 Å². The predicted molar refractivity (Wildman–Crippen MR) is 114 cm³/mol. The molecule has 4 heterocycles. The van der Waals surface area contributed by atoms with Crippen LogP contribution in [0, 0.1) is 11.8 Å². The second-order valence-electron chi connectivity index (χ2n) is 9.05. The van der Waals surface area contributed by atoms with Crippen molar-refractivity contribution in [3.05, 3.63) is 53.9 Å². The Bertz CT molecular complexity index is 873. The Balaban J connectivity index is 1.37. The number of amides is 1. The zero-order valence-corrected chi connectivity index (χ0v) is 17.6. The number of carbonyl (C=O) groups is 1. The molecule has 3 aliphatic heterocycles. The Morgan fingerprint density at radius 2 is 1.83 bits per heavy atom. The van der Waals surface area contributed by atoms with E-state index in [9.17, 15) is 4.79 Å². The molecule has 0 radical (unpaired) electrons. The monoisotopic (exact) mass is 406 g/mol. The number of aromatic nitrogens is 2. The summed E-state index contributed by atoms with van der Waals surface area (Å²) in [5.74, 6) is 1.46. The van der Waals surface area contributed by atoms with E-state index in [4.69, 9.17) is 4.74 Å². The molecule has 0 saturated carbocycles. The van der Waals surface area contributed by atoms with E-state index in [-0.39, 0.29) is 0 Å². The second-order valence-corrected chi connectivity index (χ2v) is 9.05. The molecule has 6 heteroatoms. The highest BCUT2D eigenvalue weighted by Gasteiger charge is 2.49. The highest BCUT2D eigenvalue weighted by atomic mass is 16.5. The summed E-state index contributed by atoms with van der Waals surface area (Å²) in [5.41, 5.74) is 2.45. The SMILES string of the molecule is COc1ncc(CN2C[C@H]3C[C@@H](C2)[C@H](Cc2ccccc2)N2C(=O)CCC[C@@H]32)cn1. The molecule has 1 aromatic heterocycles. The summed E-state index contributed by atoms with van der Waals surface area (Å²) in [6.07, 6.45) is 8.83. The maximum atomic E-state index is 13.0. The Labute approximate surface area is 178 Å². The van der Waals surface area contributed by atoms with Crippen LogP contribution in [0.15, 0.2) is 42.7 Å². The first-order chi connectivity index (χ1) is 14.7. The van der Waals surface area contributed by atoms with Crippen LogP contribution in [0.1, 0.15) is 36.8 Å². The molecule has 2 aromatic rings. The topological polar surface area (TPSA) is 58.6 Å². The third-order valence-electron chi connectivity index (χ3n) is 7.13. The van der Waals surface area contributed by atoms with E-state index < -0.39 is 0 Å². The lowest BCUT2D eigenvalue weighted by molar-refractivity contribution is -0.152. The lowest BCUT2D eigenvalue weighted by Crippen LogP contribution is -2.65. The van der Waals surface area contributed by atoms with Gasteiger partial charge in [-0.1, -0.05) is 30.3 Å². The smallest absolute Gasteiger partial charge is 0.316 e. The fourth-order valence-corrected chi connectivity index (χ4v) is 5.91. The van der Waals surface area contributed by atoms with Crippen molar-refractivity contribution in [1.29, 1.82) is 0 Å². The molecule has 158 valence electrons. The highest BCUT2D eigenvalue weighted by Crippen LogP contribution is 2.42. The van der Waals surface area contributed by atoms with E-state index in [1.165, 1.54) is 12.0 Å². The van der Waals surface area contributed by atoms with Crippen molar-refractivity contribution in [2.24, 2.45) is 11.8 Å². The average molecular weight is 407 g/mol. The van der Waals surface area contributed by atoms with E-state index in [0.717, 1.165) is 44.5 Å². The minimum atomic E-state index is 0.302. The number of fused-ring (bicyclic) bond motifs is 4. The number of nitrogens with zero attached hydrogens (tertiary/aromatic N) is 4. The minimum absolute atomic E-state index is 0.302. The molecule has 3 saturated heterocycles. The van der Waals surface area contributed by atoms with Crippen molar-refractivity contribution in [2.75, 3.05) is 20.2 Å². The number of benzene rings is 1. The summed E-state index contributed by atoms with van der Waals surface area (Å²) < 4.78 is 5.09. The van der Waals surface area contributed by atoms with E-state index in [1.807, 2.05) is 12.4 Å². The summed E-state index contributed by atoms with van der Waals surface area (Å²) in [6.45, 7) is 2.93. The van der Waals surface area contributed by atoms with Crippen LogP contribution in [0.3, 0.4) is 0 Å². The van der Waals surface area contributed by atoms with Crippen LogP contribution in [-0.4, -0.2) is 58.0 Å². The summed E-state index contributed by atoms with van der Waals surface area (Å²) in [7, 11) is 1.59. The molecule has 4 atom stereocenters. The quantitative estimate of drug-likeness (QED) is 0.764. The van der Waals surface area contributed by atoms with Gasteiger partial charge in [0.15, 0.2) is 0 Å². The van der Waals surface area contributed by atoms with E-state index in [1.54, 1.807) is 7.11 Å². The van der Waals surface area contributed by atoms with Gasteiger partial charge in [0.05, 0.1) is 7.11 Å². The molecule has 2 bridgehead atoms. The molecule has 3 aliphatic rings. The van der Waals surface area contributed by atoms with Gasteiger partial charge in [0.2, 0.25) is 5.91 Å². The number of hydrogen-bond acceptors (Lipinski definition) is 5. The number of rotatable bonds is 5. The van der Waals surface area contributed by atoms with Crippen LogP contribution in [0.4, 0.5) is 0 Å². The van der Waals surface area contributed by atoms with Gasteiger partial charge in [-0.05, 0) is 43.1 Å². The Morgan fingerprint density at radius 3 is 2.60 bits per heavy atom. The van der Waals surface area contributed by atoms with Gasteiger partial charge in [0.25, 0.3) is 0 Å². The molecular weight excluding hydrogens is 376 g/mol. The molecular formula is C24H30N4O2. The van der Waals surface area contributed by atoms with Gasteiger partial charge >= 0.3 is 6.01 Å². The first kappa shape index (κ1) is 19.5. The first-order valence-electron chi connectivity index (χ1n) is 11.1. The van der Waals surface area contributed by atoms with Crippen molar-refractivity contribution in [3.8, 4) is 6.01 Å². The third kappa shape index (κ3) is 3.81. The normalized spacial score (nSPS) is 28.8. The Hall–Kier alpha value is -2.47. The zero-order chi connectivity index (χ0) is 20.5. The fraction of sp³-hybridized carbons (Fsp3) is 0.542. The summed E-state index contributed by atoms with van der Waals surface area (Å²) in [6, 6.07) is 11.8. The number of likely N-dealkylation sites (tertiary alicyclic amines) is 1. The first-order valence-corrected chi connectivity index (χ1v) is 11.1. The van der Waals surface area contributed by atoms with Gasteiger partial charge in [-0.15, -0.1) is 0 Å². The maximum Gasteiger partial charge on any atom is 0.316 e. The van der Waals surface area contributed by atoms with Crippen molar-refractivity contribution >= 4 is 5.91 Å². The van der Waals surface area contributed by atoms with Crippen LogP contribution in [0.5, 0.6) is 6.01 Å². The molecule has 3 fully saturated rings. The predicted octanol–water partition coefficient (Wildman–Crippen LogP) is 2.93. The Morgan fingerprint density at radius 1 is 1.07 bits per heavy atom. The summed E-state index contributed by atoms with van der Waals surface area (Å²) >= 11 is 0. The molecule has 0 spiro atoms. The van der Waals surface area contributed by atoms with Crippen LogP contribution in [-0.2, 0) is 17.8 Å². The van der Waals surface area contributed by atoms with E-state index >= 15 is 0 Å². The number of methoxy groups -OCH3 is 1. The van der Waals surface area contributed by atoms with Gasteiger partial charge in [0.1, 0.15) is 0 Å². The van der Waals surface area contributed by atoms with Crippen molar-refractivity contribution in [3.63, 3.8) is 0 Å². The van der Waals surface area contributed by atoms with Gasteiger partial charge in [-0.25, -0.2) is 9.97 Å². The number of hydrogen-bond donors (Lipinski definition) is 0. The maximum absolute atomic E-state index is 13.0. The molecule has 6 nitrogen and oxygen atoms in total. The lowest BCUT2D eigenvalue weighted by Gasteiger charge is -2.57. The van der Waals surface area contributed by atoms with Gasteiger partial charge in [-0.3, -0.25) is 9.69 Å². The van der Waals surface area contributed by atoms with Crippen LogP contribution >= 0.6 is 0 Å². The van der Waals surface area contributed by atoms with Crippen molar-refractivity contribution in [2.45, 2.75) is 50.7 Å². The Kier molecular flexibility index (Phi) is 5.42. The third-order valence-corrected chi connectivity index (χ3v) is 7.13. The number of carbonyl (C=O) groups excluding carboxylic acids is 1. The van der Waals surface area contributed by atoms with Gasteiger partial charge in [0, 0.05) is 56.1 Å². The van der Waals surface area contributed by atoms with Crippen LogP contribution < -0.4 is 4.74 Å². The van der Waals surface area contributed by atoms with Gasteiger partial charge in [-0.2, -0.15) is 0 Å². The zero-order valence-electron chi connectivity index (χ0n) is 17.6. The molecule has 0 aliphatic carbocycles. The lowest BCUT2D eigenvalue weighted by atomic mass is 9.70. The fourth-order valence-electron chi connectivity index (χ4n) is 5.91. The second kappa shape index (κ2) is 8.34. The van der Waals surface area contributed by atoms with Gasteiger partial charge < -0.3 is 9.64 Å². The average Bonchev–Trinajstić information content (AvgIpc) is 2.78. The van der Waals surface area contributed by atoms with Crippen LogP contribution in [0.2, 0.25) is 0 Å².